The van der Waals surface area contributed by atoms with E-state index in [0.29, 0.717) is 32.1 Å². The van der Waals surface area contributed by atoms with E-state index in [0.717, 1.165) is 0 Å². The Morgan fingerprint density at radius 2 is 1.64 bits per heavy atom. The first-order valence-electron chi connectivity index (χ1n) is 8.63. The zero-order valence-corrected chi connectivity index (χ0v) is 17.4. The molecule has 1 atom stereocenters. The van der Waals surface area contributed by atoms with E-state index in [-0.39, 0.29) is 35.5 Å². The smallest absolute Gasteiger partial charge is 0.370 e. The van der Waals surface area contributed by atoms with Crippen molar-refractivity contribution in [1.82, 2.24) is 14.9 Å². The second-order valence-electron chi connectivity index (χ2n) is 6.23. The van der Waals surface area contributed by atoms with Gasteiger partial charge in [-0.05, 0) is 11.6 Å². The van der Waals surface area contributed by atoms with Crippen molar-refractivity contribution in [3.05, 3.63) is 54.4 Å². The number of aliphatic imine (C=N–C) groups is 1. The molecule has 0 aliphatic carbocycles. The minimum absolute atomic E-state index is 0. The van der Waals surface area contributed by atoms with Crippen LogP contribution in [0.3, 0.4) is 0 Å². The summed E-state index contributed by atoms with van der Waals surface area (Å²) in [6.45, 7) is 1.93. The number of hydrogen-bond donors (Lipinski definition) is 1. The molecule has 0 radical (unpaired) electrons. The molecule has 152 valence electrons. The van der Waals surface area contributed by atoms with Crippen molar-refractivity contribution in [3.63, 3.8) is 0 Å². The molecule has 1 aromatic heterocycles. The van der Waals surface area contributed by atoms with Gasteiger partial charge in [-0.2, -0.15) is 13.2 Å². The number of aromatic nitrogens is 2. The van der Waals surface area contributed by atoms with Gasteiger partial charge < -0.3 is 15.5 Å². The predicted octanol–water partition coefficient (Wildman–Crippen LogP) is 2.88. The lowest BCUT2D eigenvalue weighted by Crippen LogP contribution is -2.51. The normalized spacial score (nSPS) is 16.5. The molecule has 2 heterocycles. The van der Waals surface area contributed by atoms with Crippen LogP contribution in [-0.4, -0.2) is 59.7 Å². The molecule has 3 rings (SSSR count). The maximum absolute atomic E-state index is 13.4. The van der Waals surface area contributed by atoms with E-state index in [1.165, 1.54) is 12.1 Å². The Labute approximate surface area is 178 Å². The van der Waals surface area contributed by atoms with Crippen LogP contribution < -0.4 is 10.6 Å². The Bertz CT molecular complexity index is 749. The number of halogens is 4. The Kier molecular flexibility index (Phi) is 7.84. The van der Waals surface area contributed by atoms with Gasteiger partial charge in [0.25, 0.3) is 0 Å². The molecular weight excluding hydrogens is 484 g/mol. The van der Waals surface area contributed by atoms with Gasteiger partial charge in [0.2, 0.25) is 5.95 Å². The average molecular weight is 506 g/mol. The Balaban J connectivity index is 0.00000280. The van der Waals surface area contributed by atoms with Crippen LogP contribution in [-0.2, 0) is 0 Å². The monoisotopic (exact) mass is 506 g/mol. The maximum Gasteiger partial charge on any atom is 0.397 e. The lowest BCUT2D eigenvalue weighted by molar-refractivity contribution is -0.148. The topological polar surface area (TPSA) is 70.6 Å². The zero-order valence-electron chi connectivity index (χ0n) is 15.1. The standard InChI is InChI=1S/C18H21F3N6.HI/c19-18(20,21)15(14-5-2-1-3-6-14)13-25-16(22)26-9-11-27(12-10-26)17-23-7-4-8-24-17;/h1-8,15H,9-13H2,(H2,22,25);1H. The molecule has 10 heteroatoms. The number of piperazine rings is 1. The summed E-state index contributed by atoms with van der Waals surface area (Å²) in [6, 6.07) is 9.53. The van der Waals surface area contributed by atoms with Gasteiger partial charge in [-0.1, -0.05) is 30.3 Å². The number of nitrogens with zero attached hydrogens (tertiary/aromatic N) is 5. The number of anilines is 1. The molecule has 28 heavy (non-hydrogen) atoms. The van der Waals surface area contributed by atoms with Crippen LogP contribution in [0.5, 0.6) is 0 Å². The van der Waals surface area contributed by atoms with Crippen molar-refractivity contribution in [2.75, 3.05) is 37.6 Å². The Morgan fingerprint density at radius 1 is 1.04 bits per heavy atom. The van der Waals surface area contributed by atoms with Crippen molar-refractivity contribution >= 4 is 35.9 Å². The highest BCUT2D eigenvalue weighted by Crippen LogP contribution is 2.34. The SMILES string of the molecule is I.NC(=NCC(c1ccccc1)C(F)(F)F)N1CCN(c2ncccn2)CC1. The van der Waals surface area contributed by atoms with Crippen LogP contribution in [0, 0.1) is 0 Å². The molecule has 0 spiro atoms. The third kappa shape index (κ3) is 5.69. The molecule has 0 saturated carbocycles. The fraction of sp³-hybridized carbons (Fsp3) is 0.389. The molecular formula is C18H22F3IN6. The second kappa shape index (κ2) is 9.89. The summed E-state index contributed by atoms with van der Waals surface area (Å²) in [4.78, 5) is 16.2. The summed E-state index contributed by atoms with van der Waals surface area (Å²) >= 11 is 0. The van der Waals surface area contributed by atoms with Crippen molar-refractivity contribution in [1.29, 1.82) is 0 Å². The van der Waals surface area contributed by atoms with Crippen LogP contribution in [0.25, 0.3) is 0 Å². The minimum Gasteiger partial charge on any atom is -0.370 e. The Hall–Kier alpha value is -2.11. The van der Waals surface area contributed by atoms with Crippen LogP contribution in [0.1, 0.15) is 11.5 Å². The molecule has 1 fully saturated rings. The van der Waals surface area contributed by atoms with Crippen molar-refractivity contribution in [2.24, 2.45) is 10.7 Å². The van der Waals surface area contributed by atoms with Gasteiger partial charge in [0.05, 0.1) is 12.5 Å². The lowest BCUT2D eigenvalue weighted by Gasteiger charge is -2.35. The van der Waals surface area contributed by atoms with E-state index < -0.39 is 18.6 Å². The third-order valence-electron chi connectivity index (χ3n) is 4.47. The molecule has 1 aliphatic heterocycles. The van der Waals surface area contributed by atoms with Crippen molar-refractivity contribution in [3.8, 4) is 0 Å². The first-order chi connectivity index (χ1) is 12.9. The highest BCUT2D eigenvalue weighted by molar-refractivity contribution is 14.0. The number of nitrogens with two attached hydrogens (primary N) is 1. The van der Waals surface area contributed by atoms with E-state index in [1.807, 2.05) is 4.90 Å². The van der Waals surface area contributed by atoms with E-state index in [2.05, 4.69) is 15.0 Å². The summed E-state index contributed by atoms with van der Waals surface area (Å²) in [5, 5.41) is 0. The highest BCUT2D eigenvalue weighted by atomic mass is 127. The maximum atomic E-state index is 13.4. The third-order valence-corrected chi connectivity index (χ3v) is 4.47. The second-order valence-corrected chi connectivity index (χ2v) is 6.23. The first kappa shape index (κ1) is 22.2. The summed E-state index contributed by atoms with van der Waals surface area (Å²) in [6.07, 6.45) is -1.04. The molecule has 0 bridgehead atoms. The molecule has 2 aromatic rings. The van der Waals surface area contributed by atoms with Crippen LogP contribution >= 0.6 is 24.0 Å². The van der Waals surface area contributed by atoms with Gasteiger partial charge in [0.1, 0.15) is 0 Å². The largest absolute Gasteiger partial charge is 0.397 e. The van der Waals surface area contributed by atoms with Crippen LogP contribution in [0.2, 0.25) is 0 Å². The first-order valence-corrected chi connectivity index (χ1v) is 8.63. The number of benzene rings is 1. The van der Waals surface area contributed by atoms with Crippen LogP contribution in [0.4, 0.5) is 19.1 Å². The van der Waals surface area contributed by atoms with E-state index in [4.69, 9.17) is 5.73 Å². The molecule has 1 aromatic carbocycles. The Morgan fingerprint density at radius 3 is 2.21 bits per heavy atom. The summed E-state index contributed by atoms with van der Waals surface area (Å²) in [7, 11) is 0. The van der Waals surface area contributed by atoms with Crippen molar-refractivity contribution < 1.29 is 13.2 Å². The number of rotatable bonds is 4. The summed E-state index contributed by atoms with van der Waals surface area (Å²) in [5.74, 6) is -0.904. The lowest BCUT2D eigenvalue weighted by atomic mass is 9.99. The summed E-state index contributed by atoms with van der Waals surface area (Å²) in [5.41, 5.74) is 6.15. The van der Waals surface area contributed by atoms with Gasteiger partial charge in [0, 0.05) is 38.6 Å². The van der Waals surface area contributed by atoms with Gasteiger partial charge in [-0.15, -0.1) is 24.0 Å². The van der Waals surface area contributed by atoms with E-state index in [1.54, 1.807) is 41.6 Å². The molecule has 6 nitrogen and oxygen atoms in total. The van der Waals surface area contributed by atoms with Crippen LogP contribution in [0.15, 0.2) is 53.8 Å². The van der Waals surface area contributed by atoms with Crippen molar-refractivity contribution in [2.45, 2.75) is 12.1 Å². The fourth-order valence-corrected chi connectivity index (χ4v) is 2.96. The number of alkyl halides is 3. The van der Waals surface area contributed by atoms with Gasteiger partial charge in [-0.25, -0.2) is 9.97 Å². The van der Waals surface area contributed by atoms with E-state index >= 15 is 0 Å². The molecule has 2 N–H and O–H groups in total. The molecule has 0 amide bonds. The molecule has 1 saturated heterocycles. The molecule has 1 unspecified atom stereocenters. The van der Waals surface area contributed by atoms with Gasteiger partial charge in [0.15, 0.2) is 5.96 Å². The number of hydrogen-bond acceptors (Lipinski definition) is 4. The van der Waals surface area contributed by atoms with Gasteiger partial charge >= 0.3 is 6.18 Å². The fourth-order valence-electron chi connectivity index (χ4n) is 2.96. The quantitative estimate of drug-likeness (QED) is 0.393. The average Bonchev–Trinajstić information content (AvgIpc) is 2.68. The number of guanidine groups is 1. The minimum atomic E-state index is -4.38. The predicted molar refractivity (Wildman–Crippen MR) is 113 cm³/mol. The molecule has 1 aliphatic rings. The summed E-state index contributed by atoms with van der Waals surface area (Å²) < 4.78 is 40.2. The zero-order chi connectivity index (χ0) is 19.3. The van der Waals surface area contributed by atoms with Gasteiger partial charge in [-0.3, -0.25) is 4.99 Å². The van der Waals surface area contributed by atoms with E-state index in [9.17, 15) is 13.2 Å². The highest BCUT2D eigenvalue weighted by Gasteiger charge is 2.40.